The van der Waals surface area contributed by atoms with Gasteiger partial charge in [-0.25, -0.2) is 9.13 Å². The van der Waals surface area contributed by atoms with E-state index < -0.39 is 97.5 Å². The van der Waals surface area contributed by atoms with Crippen molar-refractivity contribution in [3.8, 4) is 0 Å². The Kier molecular flexibility index (Phi) is 60.8. The van der Waals surface area contributed by atoms with Gasteiger partial charge in [-0.05, 0) is 37.5 Å². The molecule has 0 aromatic heterocycles. The summed E-state index contributed by atoms with van der Waals surface area (Å²) in [6.07, 6.45) is 47.5. The molecule has 19 heteroatoms. The second-order valence-corrected chi connectivity index (χ2v) is 29.1. The molecule has 0 aliphatic heterocycles. The largest absolute Gasteiger partial charge is 0.472 e. The predicted molar refractivity (Wildman–Crippen MR) is 358 cm³/mol. The van der Waals surface area contributed by atoms with E-state index in [1.165, 1.54) is 148 Å². The molecule has 0 spiro atoms. The Hall–Kier alpha value is -1.94. The van der Waals surface area contributed by atoms with Gasteiger partial charge in [0.2, 0.25) is 0 Å². The monoisotopic (exact) mass is 1310 g/mol. The van der Waals surface area contributed by atoms with Crippen LogP contribution in [0, 0.1) is 11.8 Å². The molecule has 0 aromatic rings. The van der Waals surface area contributed by atoms with E-state index in [0.29, 0.717) is 25.7 Å². The molecule has 0 radical (unpaired) electrons. The van der Waals surface area contributed by atoms with Gasteiger partial charge >= 0.3 is 39.5 Å². The molecule has 0 fully saturated rings. The van der Waals surface area contributed by atoms with Crippen LogP contribution in [0.5, 0.6) is 0 Å². The molecule has 5 atom stereocenters. The van der Waals surface area contributed by atoms with E-state index in [1.807, 2.05) is 0 Å². The van der Waals surface area contributed by atoms with Gasteiger partial charge in [0, 0.05) is 25.7 Å². The number of hydrogen-bond donors (Lipinski definition) is 3. The summed E-state index contributed by atoms with van der Waals surface area (Å²) in [7, 11) is -9.89. The zero-order valence-corrected chi connectivity index (χ0v) is 59.5. The number of phosphoric ester groups is 2. The first-order valence-electron chi connectivity index (χ1n) is 36.5. The lowest BCUT2D eigenvalue weighted by molar-refractivity contribution is -0.161. The number of esters is 4. The first-order valence-corrected chi connectivity index (χ1v) is 39.5. The highest BCUT2D eigenvalue weighted by atomic mass is 31.2. The number of rotatable bonds is 69. The molecule has 0 aromatic carbocycles. The molecule has 0 aliphatic rings. The Morgan fingerprint density at radius 1 is 0.303 bits per heavy atom. The topological polar surface area (TPSA) is 237 Å². The van der Waals surface area contributed by atoms with Crippen molar-refractivity contribution in [1.82, 2.24) is 0 Å². The molecule has 2 unspecified atom stereocenters. The lowest BCUT2D eigenvalue weighted by atomic mass is 10.0. The average molecular weight is 1310 g/mol. The van der Waals surface area contributed by atoms with Crippen molar-refractivity contribution >= 4 is 39.5 Å². The molecule has 0 aliphatic carbocycles. The Labute approximate surface area is 543 Å². The van der Waals surface area contributed by atoms with Gasteiger partial charge in [0.1, 0.15) is 19.3 Å². The van der Waals surface area contributed by atoms with Gasteiger partial charge in [-0.15, -0.1) is 0 Å². The molecule has 0 saturated carbocycles. The molecular weight excluding hydrogens is 1170 g/mol. The number of ether oxygens (including phenoxy) is 4. The Morgan fingerprint density at radius 2 is 0.517 bits per heavy atom. The Morgan fingerprint density at radius 3 is 0.764 bits per heavy atom. The van der Waals surface area contributed by atoms with Crippen LogP contribution < -0.4 is 0 Å². The first-order chi connectivity index (χ1) is 42.9. The van der Waals surface area contributed by atoms with Crippen LogP contribution in [-0.4, -0.2) is 96.7 Å². The highest BCUT2D eigenvalue weighted by molar-refractivity contribution is 7.47. The Balaban J connectivity index is 5.14. The molecular formula is C70H136O17P2. The van der Waals surface area contributed by atoms with E-state index in [2.05, 4.69) is 41.5 Å². The third-order valence-corrected chi connectivity index (χ3v) is 18.1. The normalized spacial score (nSPS) is 14.1. The fourth-order valence-corrected chi connectivity index (χ4v) is 12.2. The van der Waals surface area contributed by atoms with Gasteiger partial charge in [-0.2, -0.15) is 0 Å². The maximum absolute atomic E-state index is 13.0. The standard InChI is InChI=1S/C70H136O17P2/c1-7-9-11-13-32-40-46-52-67(72)80-58-65(86-69(74)54-48-42-33-14-12-10-8-2)60-84-88(76,77)82-56-64(71)57-83-89(78,79)85-61-66(59-81-68(73)53-47-41-36-30-26-23-19-21-25-29-35-39-45-51-63(5)6)87-70(75)55-49-43-37-31-27-22-18-16-15-17-20-24-28-34-38-44-50-62(3)4/h62-66,71H,7-61H2,1-6H3,(H,76,77)(H,78,79)/t64-,65+,66+/m0/s1. The molecule has 0 amide bonds. The van der Waals surface area contributed by atoms with Crippen LogP contribution >= 0.6 is 15.6 Å². The van der Waals surface area contributed by atoms with Crippen LogP contribution in [0.1, 0.15) is 356 Å². The number of hydrogen-bond acceptors (Lipinski definition) is 15. The van der Waals surface area contributed by atoms with Crippen molar-refractivity contribution in [2.75, 3.05) is 39.6 Å². The Bertz CT molecular complexity index is 1730. The maximum atomic E-state index is 13.0. The summed E-state index contributed by atoms with van der Waals surface area (Å²) in [5.41, 5.74) is 0. The predicted octanol–water partition coefficient (Wildman–Crippen LogP) is 20.0. The first kappa shape index (κ1) is 87.1. The lowest BCUT2D eigenvalue weighted by Gasteiger charge is -2.21. The second-order valence-electron chi connectivity index (χ2n) is 26.2. The molecule has 0 saturated heterocycles. The third-order valence-electron chi connectivity index (χ3n) is 16.2. The van der Waals surface area contributed by atoms with Crippen molar-refractivity contribution in [3.63, 3.8) is 0 Å². The summed E-state index contributed by atoms with van der Waals surface area (Å²) in [6.45, 7) is 9.51. The van der Waals surface area contributed by atoms with Crippen LogP contribution in [0.2, 0.25) is 0 Å². The van der Waals surface area contributed by atoms with Crippen molar-refractivity contribution < 1.29 is 80.2 Å². The minimum Gasteiger partial charge on any atom is -0.462 e. The maximum Gasteiger partial charge on any atom is 0.472 e. The molecule has 17 nitrogen and oxygen atoms in total. The van der Waals surface area contributed by atoms with Crippen LogP contribution in [0.4, 0.5) is 0 Å². The van der Waals surface area contributed by atoms with Gasteiger partial charge in [-0.1, -0.05) is 305 Å². The number of carbonyl (C=O) groups excluding carboxylic acids is 4. The summed E-state index contributed by atoms with van der Waals surface area (Å²) < 4.78 is 68.0. The molecule has 3 N–H and O–H groups in total. The van der Waals surface area contributed by atoms with Gasteiger partial charge in [0.05, 0.1) is 26.4 Å². The van der Waals surface area contributed by atoms with Crippen LogP contribution in [0.15, 0.2) is 0 Å². The second kappa shape index (κ2) is 62.2. The van der Waals surface area contributed by atoms with Crippen LogP contribution in [0.3, 0.4) is 0 Å². The quantitative estimate of drug-likeness (QED) is 0.0222. The van der Waals surface area contributed by atoms with Gasteiger partial charge in [0.15, 0.2) is 12.2 Å². The highest BCUT2D eigenvalue weighted by Gasteiger charge is 2.30. The molecule has 0 bridgehead atoms. The van der Waals surface area contributed by atoms with E-state index in [9.17, 15) is 43.2 Å². The number of phosphoric acid groups is 2. The van der Waals surface area contributed by atoms with E-state index in [-0.39, 0.29) is 25.7 Å². The zero-order chi connectivity index (χ0) is 65.7. The lowest BCUT2D eigenvalue weighted by Crippen LogP contribution is -2.30. The van der Waals surface area contributed by atoms with Gasteiger partial charge in [-0.3, -0.25) is 37.3 Å². The van der Waals surface area contributed by atoms with E-state index in [0.717, 1.165) is 127 Å². The van der Waals surface area contributed by atoms with Crippen molar-refractivity contribution in [2.24, 2.45) is 11.8 Å². The SMILES string of the molecule is CCCCCCCCCC(=O)OC[C@H](COP(=O)(O)OC[C@H](O)COP(=O)(O)OC[C@@H](COC(=O)CCCCCCCCCCCCCCCC(C)C)OC(=O)CCCCCCCCCCCCCCCCCCC(C)C)OC(=O)CCCCCCCCC. The minimum atomic E-state index is -4.95. The highest BCUT2D eigenvalue weighted by Crippen LogP contribution is 2.45. The smallest absolute Gasteiger partial charge is 0.462 e. The van der Waals surface area contributed by atoms with Crippen LogP contribution in [0.25, 0.3) is 0 Å². The fourth-order valence-electron chi connectivity index (χ4n) is 10.6. The van der Waals surface area contributed by atoms with Gasteiger partial charge < -0.3 is 33.8 Å². The summed E-state index contributed by atoms with van der Waals surface area (Å²) in [4.78, 5) is 72.2. The third kappa shape index (κ3) is 64.6. The molecule has 0 heterocycles. The van der Waals surface area contributed by atoms with Crippen LogP contribution in [-0.2, 0) is 65.4 Å². The summed E-state index contributed by atoms with van der Waals surface area (Å²) in [5, 5.41) is 10.5. The van der Waals surface area contributed by atoms with Crippen molar-refractivity contribution in [3.05, 3.63) is 0 Å². The fraction of sp³-hybridized carbons (Fsp3) is 0.943. The minimum absolute atomic E-state index is 0.103. The number of aliphatic hydroxyl groups is 1. The molecule has 0 rings (SSSR count). The van der Waals surface area contributed by atoms with E-state index in [1.54, 1.807) is 0 Å². The molecule has 89 heavy (non-hydrogen) atoms. The summed E-state index contributed by atoms with van der Waals surface area (Å²) >= 11 is 0. The number of aliphatic hydroxyl groups excluding tert-OH is 1. The number of carbonyl (C=O) groups is 4. The van der Waals surface area contributed by atoms with Crippen molar-refractivity contribution in [1.29, 1.82) is 0 Å². The van der Waals surface area contributed by atoms with E-state index in [4.69, 9.17) is 37.0 Å². The summed E-state index contributed by atoms with van der Waals surface area (Å²) in [5.74, 6) is -0.533. The average Bonchev–Trinajstić information content (AvgIpc) is 3.71. The molecule has 528 valence electrons. The van der Waals surface area contributed by atoms with Gasteiger partial charge in [0.25, 0.3) is 0 Å². The van der Waals surface area contributed by atoms with Crippen molar-refractivity contribution in [2.45, 2.75) is 374 Å². The van der Waals surface area contributed by atoms with E-state index >= 15 is 0 Å². The number of unbranched alkanes of at least 4 members (excludes halogenated alkanes) is 39. The summed E-state index contributed by atoms with van der Waals surface area (Å²) in [6, 6.07) is 0. The zero-order valence-electron chi connectivity index (χ0n) is 57.7.